The third kappa shape index (κ3) is 3.99. The van der Waals surface area contributed by atoms with Crippen LogP contribution < -0.4 is 5.32 Å². The van der Waals surface area contributed by atoms with Gasteiger partial charge in [-0.3, -0.25) is 4.98 Å². The summed E-state index contributed by atoms with van der Waals surface area (Å²) in [6.45, 7) is 0. The monoisotopic (exact) mass is 446 g/mol. The molecule has 0 saturated carbocycles. The topological polar surface area (TPSA) is 70.9 Å². The van der Waals surface area contributed by atoms with Crippen molar-refractivity contribution in [2.24, 2.45) is 0 Å². The van der Waals surface area contributed by atoms with Gasteiger partial charge in [-0.2, -0.15) is 10.2 Å². The number of hydrogen-bond donors (Lipinski definition) is 2. The minimum absolute atomic E-state index is 0. The van der Waals surface area contributed by atoms with Crippen molar-refractivity contribution >= 4 is 50.9 Å². The van der Waals surface area contributed by atoms with E-state index in [1.54, 1.807) is 42.7 Å². The lowest BCUT2D eigenvalue weighted by Gasteiger charge is -2.10. The zero-order valence-corrected chi connectivity index (χ0v) is 16.2. The average Bonchev–Trinajstić information content (AvgIpc) is 2.64. The summed E-state index contributed by atoms with van der Waals surface area (Å²) in [5.74, 6) is -0.280. The van der Waals surface area contributed by atoms with Crippen molar-refractivity contribution in [3.63, 3.8) is 0 Å². The molecule has 4 aromatic rings. The van der Waals surface area contributed by atoms with Crippen LogP contribution in [0.2, 0.25) is 5.02 Å². The molecule has 0 saturated heterocycles. The number of anilines is 2. The van der Waals surface area contributed by atoms with Crippen molar-refractivity contribution in [3.8, 4) is 17.0 Å². The lowest BCUT2D eigenvalue weighted by molar-refractivity contribution is 0.476. The second kappa shape index (κ2) is 7.85. The molecule has 136 valence electrons. The summed E-state index contributed by atoms with van der Waals surface area (Å²) < 4.78 is 14.1. The molecule has 4 rings (SSSR count). The van der Waals surface area contributed by atoms with Crippen LogP contribution >= 0.6 is 28.6 Å². The number of nitrogens with zero attached hydrogens (tertiary/aromatic N) is 3. The SMILES string of the molecule is Br.Oc1ccc2c(Nc3cnnc(-c4cc(Cl)ccc4F)c3)ccnc2c1. The van der Waals surface area contributed by atoms with E-state index in [1.807, 2.05) is 0 Å². The molecule has 0 aliphatic rings. The van der Waals surface area contributed by atoms with Crippen LogP contribution in [-0.2, 0) is 0 Å². The second-order valence-electron chi connectivity index (χ2n) is 5.64. The molecule has 2 N–H and O–H groups in total. The first-order chi connectivity index (χ1) is 12.6. The molecule has 0 aliphatic heterocycles. The van der Waals surface area contributed by atoms with Gasteiger partial charge in [0.1, 0.15) is 11.6 Å². The Morgan fingerprint density at radius 2 is 1.89 bits per heavy atom. The summed E-state index contributed by atoms with van der Waals surface area (Å²) in [6.07, 6.45) is 3.18. The van der Waals surface area contributed by atoms with Crippen molar-refractivity contribution < 1.29 is 9.50 Å². The van der Waals surface area contributed by atoms with Crippen molar-refractivity contribution in [1.82, 2.24) is 15.2 Å². The number of phenols is 1. The summed E-state index contributed by atoms with van der Waals surface area (Å²) in [7, 11) is 0. The minimum atomic E-state index is -0.425. The highest BCUT2D eigenvalue weighted by atomic mass is 79.9. The molecule has 2 heterocycles. The van der Waals surface area contributed by atoms with E-state index in [0.717, 1.165) is 11.1 Å². The Morgan fingerprint density at radius 3 is 2.74 bits per heavy atom. The highest BCUT2D eigenvalue weighted by Crippen LogP contribution is 2.29. The normalized spacial score (nSPS) is 10.4. The van der Waals surface area contributed by atoms with E-state index in [0.29, 0.717) is 21.9 Å². The Morgan fingerprint density at radius 1 is 1.04 bits per heavy atom. The number of benzene rings is 2. The van der Waals surface area contributed by atoms with Crippen molar-refractivity contribution in [2.45, 2.75) is 0 Å². The number of fused-ring (bicyclic) bond motifs is 1. The molecule has 0 fully saturated rings. The zero-order chi connectivity index (χ0) is 18.1. The zero-order valence-electron chi connectivity index (χ0n) is 13.7. The van der Waals surface area contributed by atoms with Crippen LogP contribution in [0.1, 0.15) is 0 Å². The van der Waals surface area contributed by atoms with Crippen LogP contribution in [0.5, 0.6) is 5.75 Å². The van der Waals surface area contributed by atoms with E-state index in [4.69, 9.17) is 11.6 Å². The van der Waals surface area contributed by atoms with Gasteiger partial charge < -0.3 is 10.4 Å². The molecule has 5 nitrogen and oxygen atoms in total. The standard InChI is InChI=1S/C19H12ClFN4O.BrH/c20-11-1-4-16(21)15(7-11)19-8-12(10-23-25-19)24-17-5-6-22-18-9-13(26)2-3-14(17)18;/h1-10,26H,(H,22,24,25);1H. The van der Waals surface area contributed by atoms with Crippen LogP contribution in [0.25, 0.3) is 22.2 Å². The lowest BCUT2D eigenvalue weighted by Crippen LogP contribution is -1.97. The van der Waals surface area contributed by atoms with Gasteiger partial charge in [-0.15, -0.1) is 17.0 Å². The van der Waals surface area contributed by atoms with Crippen LogP contribution in [0.3, 0.4) is 0 Å². The summed E-state index contributed by atoms with van der Waals surface area (Å²) in [6, 6.07) is 12.7. The molecule has 0 unspecified atom stereocenters. The number of halogens is 3. The highest BCUT2D eigenvalue weighted by molar-refractivity contribution is 8.93. The first-order valence-corrected chi connectivity index (χ1v) is 8.11. The Kier molecular flexibility index (Phi) is 5.53. The van der Waals surface area contributed by atoms with E-state index in [2.05, 4.69) is 20.5 Å². The van der Waals surface area contributed by atoms with Gasteiger partial charge in [0.2, 0.25) is 0 Å². The maximum absolute atomic E-state index is 14.1. The number of nitrogens with one attached hydrogen (secondary N) is 1. The van der Waals surface area contributed by atoms with Gasteiger partial charge in [-0.05, 0) is 42.5 Å². The molecule has 8 heteroatoms. The van der Waals surface area contributed by atoms with Crippen molar-refractivity contribution in [2.75, 3.05) is 5.32 Å². The molecule has 2 aromatic heterocycles. The lowest BCUT2D eigenvalue weighted by atomic mass is 10.1. The predicted molar refractivity (Wildman–Crippen MR) is 109 cm³/mol. The molecule has 0 atom stereocenters. The molecule has 0 radical (unpaired) electrons. The van der Waals surface area contributed by atoms with E-state index in [1.165, 1.54) is 18.2 Å². The molecule has 27 heavy (non-hydrogen) atoms. The molecule has 0 aliphatic carbocycles. The molecule has 0 amide bonds. The van der Waals surface area contributed by atoms with Gasteiger partial charge in [-0.1, -0.05) is 11.6 Å². The van der Waals surface area contributed by atoms with Gasteiger partial charge in [0.15, 0.2) is 0 Å². The number of pyridine rings is 1. The number of aromatic nitrogens is 3. The Bertz CT molecular complexity index is 1130. The fraction of sp³-hybridized carbons (Fsp3) is 0. The summed E-state index contributed by atoms with van der Waals surface area (Å²) >= 11 is 5.96. The largest absolute Gasteiger partial charge is 0.508 e. The summed E-state index contributed by atoms with van der Waals surface area (Å²) in [5.41, 5.74) is 2.71. The fourth-order valence-corrected chi connectivity index (χ4v) is 2.83. The molecule has 0 spiro atoms. The first kappa shape index (κ1) is 19.0. The van der Waals surface area contributed by atoms with Crippen LogP contribution in [0.15, 0.2) is 60.9 Å². The molecule has 2 aromatic carbocycles. The van der Waals surface area contributed by atoms with Gasteiger partial charge in [0, 0.05) is 33.9 Å². The first-order valence-electron chi connectivity index (χ1n) is 7.73. The third-order valence-electron chi connectivity index (χ3n) is 3.86. The van der Waals surface area contributed by atoms with Gasteiger partial charge >= 0.3 is 0 Å². The third-order valence-corrected chi connectivity index (χ3v) is 4.10. The highest BCUT2D eigenvalue weighted by Gasteiger charge is 2.10. The predicted octanol–water partition coefficient (Wildman–Crippen LogP) is 5.51. The van der Waals surface area contributed by atoms with E-state index in [-0.39, 0.29) is 28.3 Å². The number of aromatic hydroxyl groups is 1. The van der Waals surface area contributed by atoms with E-state index in [9.17, 15) is 9.50 Å². The van der Waals surface area contributed by atoms with Gasteiger partial charge in [0.05, 0.1) is 23.1 Å². The smallest absolute Gasteiger partial charge is 0.132 e. The van der Waals surface area contributed by atoms with Crippen LogP contribution in [0, 0.1) is 5.82 Å². The van der Waals surface area contributed by atoms with Crippen molar-refractivity contribution in [3.05, 3.63) is 71.8 Å². The molecular weight excluding hydrogens is 435 g/mol. The minimum Gasteiger partial charge on any atom is -0.508 e. The fourth-order valence-electron chi connectivity index (χ4n) is 2.66. The number of rotatable bonds is 3. The second-order valence-corrected chi connectivity index (χ2v) is 6.08. The van der Waals surface area contributed by atoms with Crippen molar-refractivity contribution in [1.29, 1.82) is 0 Å². The Hall–Kier alpha value is -2.77. The average molecular weight is 448 g/mol. The Labute approximate surface area is 169 Å². The van der Waals surface area contributed by atoms with E-state index >= 15 is 0 Å². The quantitative estimate of drug-likeness (QED) is 0.433. The summed E-state index contributed by atoms with van der Waals surface area (Å²) in [4.78, 5) is 4.24. The van der Waals surface area contributed by atoms with Crippen LogP contribution in [-0.4, -0.2) is 20.3 Å². The van der Waals surface area contributed by atoms with Crippen LogP contribution in [0.4, 0.5) is 15.8 Å². The number of phenolic OH excluding ortho intramolecular Hbond substituents is 1. The van der Waals surface area contributed by atoms with Gasteiger partial charge in [-0.25, -0.2) is 4.39 Å². The van der Waals surface area contributed by atoms with Gasteiger partial charge in [0.25, 0.3) is 0 Å². The summed E-state index contributed by atoms with van der Waals surface area (Å²) in [5, 5.41) is 22.0. The molecular formula is C19H13BrClFN4O. The van der Waals surface area contributed by atoms with E-state index < -0.39 is 5.82 Å². The molecule has 0 bridgehead atoms. The maximum Gasteiger partial charge on any atom is 0.132 e. The maximum atomic E-state index is 14.1. The number of hydrogen-bond acceptors (Lipinski definition) is 5. The Balaban J connectivity index is 0.00000210.